The first-order valence-electron chi connectivity index (χ1n) is 16.9. The molecule has 0 rings (SSSR count). The molecule has 0 fully saturated rings. The van der Waals surface area contributed by atoms with E-state index < -0.39 is 89.4 Å². The van der Waals surface area contributed by atoms with Crippen molar-refractivity contribution in [2.45, 2.75) is 138 Å². The van der Waals surface area contributed by atoms with E-state index in [0.29, 0.717) is 6.42 Å². The molecule has 0 radical (unpaired) electrons. The number of ether oxygens (including phenoxy) is 2. The minimum absolute atomic E-state index is 0.0342. The molecule has 0 saturated carbocycles. The summed E-state index contributed by atoms with van der Waals surface area (Å²) in [7, 11) is 1.22. The molecule has 6 amide bonds. The Labute approximate surface area is 291 Å². The van der Waals surface area contributed by atoms with Crippen LogP contribution in [0.25, 0.3) is 0 Å². The van der Waals surface area contributed by atoms with Gasteiger partial charge < -0.3 is 41.4 Å². The fraction of sp³-hybridized carbons (Fsp3) is 0.794. The molecule has 15 nitrogen and oxygen atoms in total. The summed E-state index contributed by atoms with van der Waals surface area (Å²) in [6, 6.07) is -4.01. The van der Waals surface area contributed by atoms with Crippen LogP contribution in [0, 0.1) is 23.7 Å². The van der Waals surface area contributed by atoms with Gasteiger partial charge in [0.2, 0.25) is 29.5 Å². The number of methoxy groups -OCH3 is 1. The highest BCUT2D eigenvalue weighted by Gasteiger charge is 2.37. The van der Waals surface area contributed by atoms with Crippen molar-refractivity contribution in [3.63, 3.8) is 0 Å². The number of esters is 1. The molecule has 282 valence electrons. The Bertz CT molecular complexity index is 1160. The quantitative estimate of drug-likeness (QED) is 0.115. The molecule has 0 aromatic rings. The van der Waals surface area contributed by atoms with Gasteiger partial charge in [-0.2, -0.15) is 0 Å². The molecule has 0 aliphatic heterocycles. The highest BCUT2D eigenvalue weighted by Crippen LogP contribution is 2.13. The number of rotatable bonds is 18. The standard InChI is InChI=1S/C34H62N6O9/c1-18(2)15-22(37-32(47)49-33(9,10)11)27(42)35-17-24(41)38-25(20(5)6)29(44)36-23(16-19(3)4)28(43)40-34(12,13)31(46)39-26(21(7)8)30(45)48-14/h18-23,25-26H,15-17H2,1-14H3,(H,35,42)(H,36,44)(H,37,47)(H,38,41)(H,39,46)(H,40,43)/t22-,23-,25-,26-/m0/s1. The van der Waals surface area contributed by atoms with Gasteiger partial charge in [-0.15, -0.1) is 0 Å². The summed E-state index contributed by atoms with van der Waals surface area (Å²) in [5.41, 5.74) is -2.23. The van der Waals surface area contributed by atoms with Crippen LogP contribution in [0.15, 0.2) is 0 Å². The lowest BCUT2D eigenvalue weighted by Crippen LogP contribution is -2.63. The molecule has 4 atom stereocenters. The van der Waals surface area contributed by atoms with Gasteiger partial charge in [-0.05, 0) is 71.1 Å². The summed E-state index contributed by atoms with van der Waals surface area (Å²) >= 11 is 0. The predicted molar refractivity (Wildman–Crippen MR) is 185 cm³/mol. The Morgan fingerprint density at radius 1 is 0.612 bits per heavy atom. The Morgan fingerprint density at radius 3 is 1.53 bits per heavy atom. The van der Waals surface area contributed by atoms with E-state index in [-0.39, 0.29) is 24.2 Å². The Balaban J connectivity index is 5.66. The van der Waals surface area contributed by atoms with Crippen molar-refractivity contribution in [3.8, 4) is 0 Å². The summed E-state index contributed by atoms with van der Waals surface area (Å²) in [6.07, 6.45) is -0.243. The van der Waals surface area contributed by atoms with Gasteiger partial charge in [-0.25, -0.2) is 9.59 Å². The smallest absolute Gasteiger partial charge is 0.408 e. The molecule has 15 heteroatoms. The summed E-state index contributed by atoms with van der Waals surface area (Å²) in [5, 5.41) is 15.7. The second-order valence-corrected chi connectivity index (χ2v) is 15.4. The molecular formula is C34H62N6O9. The third-order valence-corrected chi connectivity index (χ3v) is 7.16. The average molecular weight is 699 g/mol. The summed E-state index contributed by atoms with van der Waals surface area (Å²) in [6.45, 7) is 22.0. The van der Waals surface area contributed by atoms with E-state index in [0.717, 1.165) is 0 Å². The van der Waals surface area contributed by atoms with E-state index in [1.54, 1.807) is 48.5 Å². The van der Waals surface area contributed by atoms with Gasteiger partial charge in [-0.1, -0.05) is 55.4 Å². The van der Waals surface area contributed by atoms with Crippen molar-refractivity contribution in [3.05, 3.63) is 0 Å². The van der Waals surface area contributed by atoms with Gasteiger partial charge in [0.25, 0.3) is 0 Å². The molecule has 0 aromatic carbocycles. The fourth-order valence-electron chi connectivity index (χ4n) is 4.57. The lowest BCUT2D eigenvalue weighted by atomic mass is 9.97. The van der Waals surface area contributed by atoms with E-state index in [1.165, 1.54) is 21.0 Å². The number of hydrogen-bond donors (Lipinski definition) is 6. The van der Waals surface area contributed by atoms with Gasteiger partial charge >= 0.3 is 12.1 Å². The normalized spacial score (nSPS) is 14.3. The molecule has 0 bridgehead atoms. The molecule has 0 aromatic heterocycles. The number of carbonyl (C=O) groups excluding carboxylic acids is 7. The number of nitrogens with one attached hydrogen (secondary N) is 6. The zero-order valence-corrected chi connectivity index (χ0v) is 31.9. The van der Waals surface area contributed by atoms with Crippen LogP contribution in [-0.4, -0.2) is 90.6 Å². The third kappa shape index (κ3) is 17.4. The number of amides is 6. The Kier molecular flexibility index (Phi) is 18.3. The van der Waals surface area contributed by atoms with Gasteiger partial charge in [0, 0.05) is 0 Å². The van der Waals surface area contributed by atoms with Crippen molar-refractivity contribution in [1.82, 2.24) is 31.9 Å². The van der Waals surface area contributed by atoms with Crippen LogP contribution >= 0.6 is 0 Å². The summed E-state index contributed by atoms with van der Waals surface area (Å²) < 4.78 is 10.0. The monoisotopic (exact) mass is 698 g/mol. The predicted octanol–water partition coefficient (Wildman–Crippen LogP) is 1.92. The Hall–Kier alpha value is -3.91. The molecule has 0 aliphatic carbocycles. The Morgan fingerprint density at radius 2 is 1.10 bits per heavy atom. The van der Waals surface area contributed by atoms with Crippen molar-refractivity contribution in [2.75, 3.05) is 13.7 Å². The zero-order chi connectivity index (χ0) is 38.4. The van der Waals surface area contributed by atoms with E-state index >= 15 is 0 Å². The van der Waals surface area contributed by atoms with E-state index in [4.69, 9.17) is 9.47 Å². The van der Waals surface area contributed by atoms with Crippen LogP contribution in [0.2, 0.25) is 0 Å². The molecule has 49 heavy (non-hydrogen) atoms. The fourth-order valence-corrected chi connectivity index (χ4v) is 4.57. The van der Waals surface area contributed by atoms with Gasteiger partial charge in [0.1, 0.15) is 35.3 Å². The minimum Gasteiger partial charge on any atom is -0.467 e. The molecule has 0 heterocycles. The molecule has 0 aliphatic rings. The van der Waals surface area contributed by atoms with Crippen LogP contribution in [0.4, 0.5) is 4.79 Å². The second-order valence-electron chi connectivity index (χ2n) is 15.4. The van der Waals surface area contributed by atoms with E-state index in [9.17, 15) is 33.6 Å². The minimum atomic E-state index is -1.46. The van der Waals surface area contributed by atoms with Crippen LogP contribution in [0.5, 0.6) is 0 Å². The van der Waals surface area contributed by atoms with Crippen LogP contribution in [0.1, 0.15) is 103 Å². The third-order valence-electron chi connectivity index (χ3n) is 7.16. The molecular weight excluding hydrogens is 636 g/mol. The highest BCUT2D eigenvalue weighted by atomic mass is 16.6. The average Bonchev–Trinajstić information content (AvgIpc) is 2.93. The van der Waals surface area contributed by atoms with Crippen molar-refractivity contribution < 1.29 is 43.0 Å². The first kappa shape index (κ1) is 45.1. The number of carbonyl (C=O) groups is 7. The second kappa shape index (κ2) is 19.9. The van der Waals surface area contributed by atoms with Crippen LogP contribution in [0.3, 0.4) is 0 Å². The summed E-state index contributed by atoms with van der Waals surface area (Å²) in [4.78, 5) is 90.3. The zero-order valence-electron chi connectivity index (χ0n) is 31.9. The largest absolute Gasteiger partial charge is 0.467 e. The topological polar surface area (TPSA) is 210 Å². The molecule has 0 spiro atoms. The van der Waals surface area contributed by atoms with Crippen molar-refractivity contribution in [2.24, 2.45) is 23.7 Å². The number of hydrogen-bond acceptors (Lipinski definition) is 9. The molecule has 6 N–H and O–H groups in total. The lowest BCUT2D eigenvalue weighted by Gasteiger charge is -2.31. The maximum atomic E-state index is 13.5. The van der Waals surface area contributed by atoms with E-state index in [2.05, 4.69) is 31.9 Å². The SMILES string of the molecule is COC(=O)[C@@H](NC(=O)C(C)(C)NC(=O)[C@H](CC(C)C)NC(=O)[C@@H](NC(=O)CNC(=O)[C@H](CC(C)C)NC(=O)OC(C)(C)C)C(C)C)C(C)C. The first-order valence-corrected chi connectivity index (χ1v) is 16.9. The van der Waals surface area contributed by atoms with Gasteiger partial charge in [0.15, 0.2) is 0 Å². The van der Waals surface area contributed by atoms with Crippen LogP contribution < -0.4 is 31.9 Å². The van der Waals surface area contributed by atoms with Crippen molar-refractivity contribution in [1.29, 1.82) is 0 Å². The highest BCUT2D eigenvalue weighted by molar-refractivity contribution is 5.97. The number of alkyl carbamates (subject to hydrolysis) is 1. The van der Waals surface area contributed by atoms with Crippen molar-refractivity contribution >= 4 is 41.6 Å². The lowest BCUT2D eigenvalue weighted by molar-refractivity contribution is -0.147. The molecule has 0 unspecified atom stereocenters. The first-order chi connectivity index (χ1) is 22.3. The molecule has 0 saturated heterocycles. The van der Waals surface area contributed by atoms with Crippen LogP contribution in [-0.2, 0) is 38.2 Å². The maximum Gasteiger partial charge on any atom is 0.408 e. The summed E-state index contributed by atoms with van der Waals surface area (Å²) in [5.74, 6) is -4.42. The maximum absolute atomic E-state index is 13.5. The van der Waals surface area contributed by atoms with Gasteiger partial charge in [-0.3, -0.25) is 24.0 Å². The van der Waals surface area contributed by atoms with E-state index in [1.807, 2.05) is 27.7 Å². The van der Waals surface area contributed by atoms with Gasteiger partial charge in [0.05, 0.1) is 13.7 Å².